The number of nitrogens with zero attached hydrogens (tertiary/aromatic N) is 3. The van der Waals surface area contributed by atoms with Gasteiger partial charge in [-0.25, -0.2) is 4.39 Å². The average molecular weight is 368 g/mol. The minimum atomic E-state index is -0.502. The molecule has 1 fully saturated rings. The summed E-state index contributed by atoms with van der Waals surface area (Å²) in [6.07, 6.45) is 4.35. The first kappa shape index (κ1) is 17.5. The Morgan fingerprint density at radius 3 is 2.85 bits per heavy atom. The van der Waals surface area contributed by atoms with Crippen LogP contribution in [0.25, 0.3) is 11.3 Å². The minimum Gasteiger partial charge on any atom is -0.356 e. The van der Waals surface area contributed by atoms with Crippen LogP contribution in [0.15, 0.2) is 35.0 Å². The van der Waals surface area contributed by atoms with E-state index in [4.69, 9.17) is 4.52 Å². The number of likely N-dealkylation sites (tertiary alicyclic amines) is 1. The van der Waals surface area contributed by atoms with Gasteiger partial charge in [-0.15, -0.1) is 0 Å². The lowest BCUT2D eigenvalue weighted by Crippen LogP contribution is -2.39. The topological polar surface area (TPSA) is 75.0 Å². The number of rotatable bonds is 3. The molecule has 0 bridgehead atoms. The molecule has 1 aliphatic heterocycles. The van der Waals surface area contributed by atoms with E-state index in [1.807, 2.05) is 13.8 Å². The van der Waals surface area contributed by atoms with Crippen molar-refractivity contribution in [1.29, 1.82) is 0 Å². The number of aromatic amines is 1. The van der Waals surface area contributed by atoms with E-state index < -0.39 is 5.82 Å². The summed E-state index contributed by atoms with van der Waals surface area (Å²) < 4.78 is 19.7. The van der Waals surface area contributed by atoms with Gasteiger partial charge < -0.3 is 9.42 Å². The molecule has 1 N–H and O–H groups in total. The molecule has 1 atom stereocenters. The Hall–Kier alpha value is -2.96. The highest BCUT2D eigenvalue weighted by molar-refractivity contribution is 5.95. The summed E-state index contributed by atoms with van der Waals surface area (Å²) >= 11 is 0. The van der Waals surface area contributed by atoms with E-state index in [0.717, 1.165) is 41.8 Å². The van der Waals surface area contributed by atoms with Crippen LogP contribution in [-0.4, -0.2) is 32.7 Å². The van der Waals surface area contributed by atoms with Crippen LogP contribution < -0.4 is 0 Å². The van der Waals surface area contributed by atoms with Crippen molar-refractivity contribution in [1.82, 2.24) is 20.3 Å². The van der Waals surface area contributed by atoms with E-state index in [9.17, 15) is 9.18 Å². The van der Waals surface area contributed by atoms with Gasteiger partial charge >= 0.3 is 0 Å². The van der Waals surface area contributed by atoms with Gasteiger partial charge in [0, 0.05) is 12.1 Å². The first-order chi connectivity index (χ1) is 13.1. The number of carbonyl (C=O) groups excluding carboxylic acids is 1. The number of hydrogen-bond donors (Lipinski definition) is 1. The SMILES string of the molecule is Cc1noc(-c2cn[nH]c2[C@@H]2CCCCN2C(=O)c2ccccc2F)c1C. The maximum Gasteiger partial charge on any atom is 0.257 e. The van der Waals surface area contributed by atoms with Crippen molar-refractivity contribution in [3.63, 3.8) is 0 Å². The molecule has 4 rings (SSSR count). The predicted octanol–water partition coefficient (Wildman–Crippen LogP) is 4.19. The van der Waals surface area contributed by atoms with Gasteiger partial charge in [0.05, 0.1) is 34.8 Å². The Bertz CT molecular complexity index is 978. The quantitative estimate of drug-likeness (QED) is 0.752. The second-order valence-corrected chi connectivity index (χ2v) is 6.91. The summed E-state index contributed by atoms with van der Waals surface area (Å²) in [5.41, 5.74) is 3.46. The van der Waals surface area contributed by atoms with Crippen LogP contribution in [0.1, 0.15) is 52.6 Å². The molecule has 3 aromatic rings. The molecule has 1 aromatic carbocycles. The normalized spacial score (nSPS) is 17.3. The number of halogens is 1. The standard InChI is InChI=1S/C20H21FN4O2/c1-12-13(2)24-27-19(12)15-11-22-23-18(15)17-9-5-6-10-25(17)20(26)14-7-3-4-8-16(14)21/h3-4,7-8,11,17H,5-6,9-10H2,1-2H3,(H,22,23)/t17-/m0/s1. The van der Waals surface area contributed by atoms with Crippen molar-refractivity contribution in [2.75, 3.05) is 6.54 Å². The number of aromatic nitrogens is 3. The van der Waals surface area contributed by atoms with Crippen molar-refractivity contribution in [3.05, 3.63) is 58.8 Å². The van der Waals surface area contributed by atoms with E-state index in [1.165, 1.54) is 12.1 Å². The van der Waals surface area contributed by atoms with Crippen LogP contribution >= 0.6 is 0 Å². The van der Waals surface area contributed by atoms with Crippen LogP contribution in [0, 0.1) is 19.7 Å². The molecule has 3 heterocycles. The molecule has 2 aromatic heterocycles. The Kier molecular flexibility index (Phi) is 4.51. The van der Waals surface area contributed by atoms with Gasteiger partial charge in [0.25, 0.3) is 5.91 Å². The summed E-state index contributed by atoms with van der Waals surface area (Å²) in [5.74, 6) is -0.151. The van der Waals surface area contributed by atoms with Crippen molar-refractivity contribution in [2.24, 2.45) is 0 Å². The zero-order chi connectivity index (χ0) is 19.0. The lowest BCUT2D eigenvalue weighted by Gasteiger charge is -2.35. The molecule has 0 unspecified atom stereocenters. The number of amides is 1. The fourth-order valence-electron chi connectivity index (χ4n) is 3.66. The molecule has 0 radical (unpaired) electrons. The summed E-state index contributed by atoms with van der Waals surface area (Å²) in [6.45, 7) is 4.41. The van der Waals surface area contributed by atoms with Crippen LogP contribution in [-0.2, 0) is 0 Å². The second-order valence-electron chi connectivity index (χ2n) is 6.91. The van der Waals surface area contributed by atoms with E-state index in [2.05, 4.69) is 15.4 Å². The first-order valence-corrected chi connectivity index (χ1v) is 9.10. The third-order valence-corrected chi connectivity index (χ3v) is 5.27. The van der Waals surface area contributed by atoms with Crippen LogP contribution in [0.4, 0.5) is 4.39 Å². The van der Waals surface area contributed by atoms with Gasteiger partial charge in [0.1, 0.15) is 5.82 Å². The highest BCUT2D eigenvalue weighted by Crippen LogP contribution is 2.37. The van der Waals surface area contributed by atoms with Crippen molar-refractivity contribution < 1.29 is 13.7 Å². The van der Waals surface area contributed by atoms with E-state index in [-0.39, 0.29) is 17.5 Å². The maximum absolute atomic E-state index is 14.2. The highest BCUT2D eigenvalue weighted by Gasteiger charge is 2.33. The van der Waals surface area contributed by atoms with Gasteiger partial charge in [-0.2, -0.15) is 5.10 Å². The minimum absolute atomic E-state index is 0.0946. The molecular formula is C20H21FN4O2. The Labute approximate surface area is 156 Å². The molecular weight excluding hydrogens is 347 g/mol. The number of nitrogens with one attached hydrogen (secondary N) is 1. The molecule has 1 aliphatic rings. The fourth-order valence-corrected chi connectivity index (χ4v) is 3.66. The van der Waals surface area contributed by atoms with Gasteiger partial charge in [-0.3, -0.25) is 9.89 Å². The molecule has 7 heteroatoms. The summed E-state index contributed by atoms with van der Waals surface area (Å²) in [7, 11) is 0. The monoisotopic (exact) mass is 368 g/mol. The third kappa shape index (κ3) is 3.03. The molecule has 0 saturated carbocycles. The molecule has 0 aliphatic carbocycles. The Morgan fingerprint density at radius 1 is 1.30 bits per heavy atom. The predicted molar refractivity (Wildman–Crippen MR) is 97.6 cm³/mol. The zero-order valence-electron chi connectivity index (χ0n) is 15.3. The van der Waals surface area contributed by atoms with Crippen LogP contribution in [0.2, 0.25) is 0 Å². The Morgan fingerprint density at radius 2 is 2.11 bits per heavy atom. The van der Waals surface area contributed by atoms with Gasteiger partial charge in [0.2, 0.25) is 0 Å². The fraction of sp³-hybridized carbons (Fsp3) is 0.350. The van der Waals surface area contributed by atoms with Gasteiger partial charge in [0.15, 0.2) is 5.76 Å². The highest BCUT2D eigenvalue weighted by atomic mass is 19.1. The molecule has 6 nitrogen and oxygen atoms in total. The summed E-state index contributed by atoms with van der Waals surface area (Å²) in [5, 5.41) is 11.2. The van der Waals surface area contributed by atoms with E-state index in [1.54, 1.807) is 23.2 Å². The van der Waals surface area contributed by atoms with Gasteiger partial charge in [-0.05, 0) is 45.2 Å². The molecule has 1 amide bonds. The lowest BCUT2D eigenvalue weighted by molar-refractivity contribution is 0.0601. The molecule has 140 valence electrons. The van der Waals surface area contributed by atoms with Gasteiger partial charge in [-0.1, -0.05) is 17.3 Å². The maximum atomic E-state index is 14.2. The van der Waals surface area contributed by atoms with Crippen molar-refractivity contribution in [2.45, 2.75) is 39.2 Å². The van der Waals surface area contributed by atoms with E-state index >= 15 is 0 Å². The smallest absolute Gasteiger partial charge is 0.257 e. The lowest BCUT2D eigenvalue weighted by atomic mass is 9.94. The number of benzene rings is 1. The number of carbonyl (C=O) groups is 1. The number of aryl methyl sites for hydroxylation is 1. The second kappa shape index (κ2) is 6.98. The van der Waals surface area contributed by atoms with E-state index in [0.29, 0.717) is 12.3 Å². The Balaban J connectivity index is 1.72. The van der Waals surface area contributed by atoms with Crippen LogP contribution in [0.3, 0.4) is 0 Å². The average Bonchev–Trinajstić information content (AvgIpc) is 3.29. The molecule has 1 saturated heterocycles. The van der Waals surface area contributed by atoms with Crippen molar-refractivity contribution >= 4 is 5.91 Å². The number of hydrogen-bond acceptors (Lipinski definition) is 4. The molecule has 27 heavy (non-hydrogen) atoms. The number of H-pyrrole nitrogens is 1. The summed E-state index contributed by atoms with van der Waals surface area (Å²) in [6, 6.07) is 5.89. The van der Waals surface area contributed by atoms with Crippen LogP contribution in [0.5, 0.6) is 0 Å². The molecule has 0 spiro atoms. The largest absolute Gasteiger partial charge is 0.356 e. The van der Waals surface area contributed by atoms with Crippen molar-refractivity contribution in [3.8, 4) is 11.3 Å². The third-order valence-electron chi connectivity index (χ3n) is 5.27. The summed E-state index contributed by atoms with van der Waals surface area (Å²) in [4.78, 5) is 14.8. The zero-order valence-corrected chi connectivity index (χ0v) is 15.3. The number of piperidine rings is 1. The first-order valence-electron chi connectivity index (χ1n) is 9.10.